The summed E-state index contributed by atoms with van der Waals surface area (Å²) in [6.07, 6.45) is 2.12. The number of hydrogen-bond donors (Lipinski definition) is 3. The van der Waals surface area contributed by atoms with Crippen molar-refractivity contribution in [3.63, 3.8) is 0 Å². The zero-order valence-corrected chi connectivity index (χ0v) is 18.9. The first kappa shape index (κ1) is 22.3. The molecule has 0 radical (unpaired) electrons. The van der Waals surface area contributed by atoms with Gasteiger partial charge in [-0.25, -0.2) is 4.68 Å². The van der Waals surface area contributed by atoms with Gasteiger partial charge in [0.05, 0.1) is 6.20 Å². The molecular formula is C24H23N7O4. The number of anilines is 2. The number of imide groups is 1. The van der Waals surface area contributed by atoms with Crippen LogP contribution in [0.3, 0.4) is 0 Å². The van der Waals surface area contributed by atoms with E-state index >= 15 is 0 Å². The molecule has 178 valence electrons. The number of benzene rings is 2. The predicted molar refractivity (Wildman–Crippen MR) is 126 cm³/mol. The topological polar surface area (TPSA) is 152 Å². The maximum Gasteiger partial charge on any atom is 0.255 e. The van der Waals surface area contributed by atoms with Crippen molar-refractivity contribution in [3.05, 3.63) is 59.3 Å². The van der Waals surface area contributed by atoms with Crippen LogP contribution in [0.15, 0.2) is 42.6 Å². The molecule has 4 N–H and O–H groups in total. The Morgan fingerprint density at radius 1 is 1.23 bits per heavy atom. The molecule has 35 heavy (non-hydrogen) atoms. The van der Waals surface area contributed by atoms with Gasteiger partial charge < -0.3 is 16.0 Å². The highest BCUT2D eigenvalue weighted by molar-refractivity contribution is 6.06. The number of hydrogen-bond acceptors (Lipinski definition) is 7. The van der Waals surface area contributed by atoms with Gasteiger partial charge in [0.25, 0.3) is 5.91 Å². The van der Waals surface area contributed by atoms with Gasteiger partial charge in [0.2, 0.25) is 17.7 Å². The molecule has 1 fully saturated rings. The Labute approximate surface area is 200 Å². The molecule has 4 amide bonds. The number of aromatic nitrogens is 3. The van der Waals surface area contributed by atoms with Gasteiger partial charge in [-0.05, 0) is 43.2 Å². The van der Waals surface area contributed by atoms with Crippen molar-refractivity contribution in [1.29, 1.82) is 0 Å². The van der Waals surface area contributed by atoms with Crippen LogP contribution in [0.5, 0.6) is 0 Å². The van der Waals surface area contributed by atoms with Crippen molar-refractivity contribution in [1.82, 2.24) is 25.2 Å². The van der Waals surface area contributed by atoms with Crippen LogP contribution in [-0.4, -0.2) is 49.6 Å². The molecule has 5 rings (SSSR count). The number of fused-ring (bicyclic) bond motifs is 1. The van der Waals surface area contributed by atoms with Crippen molar-refractivity contribution in [2.45, 2.75) is 38.9 Å². The first-order chi connectivity index (χ1) is 16.8. The fraction of sp³-hybridized carbons (Fsp3) is 0.250. The van der Waals surface area contributed by atoms with E-state index in [1.807, 2.05) is 19.1 Å². The molecule has 0 spiro atoms. The average Bonchev–Trinajstić information content (AvgIpc) is 3.41. The summed E-state index contributed by atoms with van der Waals surface area (Å²) in [5.74, 6) is -1.46. The van der Waals surface area contributed by atoms with Crippen molar-refractivity contribution < 1.29 is 19.2 Å². The smallest absolute Gasteiger partial charge is 0.255 e. The van der Waals surface area contributed by atoms with Gasteiger partial charge in [-0.1, -0.05) is 17.3 Å². The van der Waals surface area contributed by atoms with Gasteiger partial charge in [0.1, 0.15) is 18.3 Å². The average molecular weight is 473 g/mol. The number of aryl methyl sites for hydroxylation is 1. The second-order valence-corrected chi connectivity index (χ2v) is 8.65. The normalized spacial score (nSPS) is 17.3. The van der Waals surface area contributed by atoms with E-state index in [-0.39, 0.29) is 43.7 Å². The lowest BCUT2D eigenvalue weighted by molar-refractivity contribution is -0.137. The first-order valence-corrected chi connectivity index (χ1v) is 11.1. The summed E-state index contributed by atoms with van der Waals surface area (Å²) in [6, 6.07) is 9.88. The Morgan fingerprint density at radius 2 is 2.06 bits per heavy atom. The number of carbonyl (C=O) groups excluding carboxylic acids is 4. The second kappa shape index (κ2) is 8.67. The van der Waals surface area contributed by atoms with E-state index in [2.05, 4.69) is 20.9 Å². The predicted octanol–water partition coefficient (Wildman–Crippen LogP) is 1.24. The number of carbonyl (C=O) groups is 4. The van der Waals surface area contributed by atoms with Gasteiger partial charge in [-0.15, -0.1) is 5.10 Å². The minimum Gasteiger partial charge on any atom is -0.399 e. The molecule has 1 atom stereocenters. The minimum atomic E-state index is -0.721. The molecule has 2 aliphatic heterocycles. The molecule has 1 saturated heterocycles. The van der Waals surface area contributed by atoms with Gasteiger partial charge in [-0.3, -0.25) is 24.5 Å². The lowest BCUT2D eigenvalue weighted by atomic mass is 10.0. The van der Waals surface area contributed by atoms with Crippen LogP contribution in [0.25, 0.3) is 11.3 Å². The molecule has 0 saturated carbocycles. The standard InChI is InChI=1S/C24H23N7O4/c1-13-9-14(5-6-17(13)25)19-11-30(29-28-19)12-22(33)26-18-4-2-3-15-16(18)10-31(24(15)35)20-7-8-21(32)27-23(20)34/h2-6,9,11,20H,7-8,10,12,25H2,1H3,(H,26,33)(H,27,32,34). The van der Waals surface area contributed by atoms with E-state index < -0.39 is 11.9 Å². The third-order valence-corrected chi connectivity index (χ3v) is 6.27. The lowest BCUT2D eigenvalue weighted by Crippen LogP contribution is -2.52. The monoisotopic (exact) mass is 473 g/mol. The van der Waals surface area contributed by atoms with Crippen molar-refractivity contribution in [2.75, 3.05) is 11.1 Å². The van der Waals surface area contributed by atoms with Gasteiger partial charge in [0.15, 0.2) is 0 Å². The van der Waals surface area contributed by atoms with Crippen LogP contribution in [0.1, 0.15) is 34.3 Å². The number of piperidine rings is 1. The molecule has 11 nitrogen and oxygen atoms in total. The second-order valence-electron chi connectivity index (χ2n) is 8.65. The number of nitrogens with one attached hydrogen (secondary N) is 2. The Bertz CT molecular complexity index is 1380. The van der Waals surface area contributed by atoms with E-state index in [1.54, 1.807) is 30.5 Å². The Hall–Kier alpha value is -4.54. The van der Waals surface area contributed by atoms with E-state index in [0.29, 0.717) is 28.2 Å². The Balaban J connectivity index is 1.29. The molecule has 3 aromatic rings. The number of amides is 4. The quantitative estimate of drug-likeness (QED) is 0.372. The molecule has 0 bridgehead atoms. The van der Waals surface area contributed by atoms with E-state index in [4.69, 9.17) is 5.73 Å². The fourth-order valence-corrected chi connectivity index (χ4v) is 4.38. The Kier molecular flexibility index (Phi) is 5.51. The van der Waals surface area contributed by atoms with Gasteiger partial charge in [-0.2, -0.15) is 0 Å². The number of nitrogens with two attached hydrogens (primary N) is 1. The van der Waals surface area contributed by atoms with Crippen LogP contribution in [-0.2, 0) is 27.5 Å². The highest BCUT2D eigenvalue weighted by Crippen LogP contribution is 2.32. The van der Waals surface area contributed by atoms with Crippen LogP contribution >= 0.6 is 0 Å². The van der Waals surface area contributed by atoms with Gasteiger partial charge >= 0.3 is 0 Å². The molecular weight excluding hydrogens is 450 g/mol. The zero-order chi connectivity index (χ0) is 24.7. The molecule has 2 aromatic carbocycles. The molecule has 1 aromatic heterocycles. The first-order valence-electron chi connectivity index (χ1n) is 11.1. The number of nitrogens with zero attached hydrogens (tertiary/aromatic N) is 4. The van der Waals surface area contributed by atoms with E-state index in [1.165, 1.54) is 9.58 Å². The summed E-state index contributed by atoms with van der Waals surface area (Å²) in [5, 5.41) is 13.3. The Morgan fingerprint density at radius 3 is 2.83 bits per heavy atom. The molecule has 2 aliphatic rings. The number of rotatable bonds is 5. The summed E-state index contributed by atoms with van der Waals surface area (Å²) >= 11 is 0. The lowest BCUT2D eigenvalue weighted by Gasteiger charge is -2.29. The van der Waals surface area contributed by atoms with Crippen LogP contribution in [0, 0.1) is 6.92 Å². The van der Waals surface area contributed by atoms with Crippen LogP contribution in [0.2, 0.25) is 0 Å². The third kappa shape index (κ3) is 4.23. The maximum atomic E-state index is 13.0. The SMILES string of the molecule is Cc1cc(-c2cn(CC(=O)Nc3cccc4c3CN(C3CCC(=O)NC3=O)C4=O)nn2)ccc1N. The largest absolute Gasteiger partial charge is 0.399 e. The van der Waals surface area contributed by atoms with Crippen molar-refractivity contribution in [3.8, 4) is 11.3 Å². The third-order valence-electron chi connectivity index (χ3n) is 6.27. The molecule has 1 unspecified atom stereocenters. The minimum absolute atomic E-state index is 0.0740. The van der Waals surface area contributed by atoms with Crippen LogP contribution < -0.4 is 16.4 Å². The summed E-state index contributed by atoms with van der Waals surface area (Å²) in [7, 11) is 0. The summed E-state index contributed by atoms with van der Waals surface area (Å²) in [4.78, 5) is 50.9. The van der Waals surface area contributed by atoms with Crippen molar-refractivity contribution >= 4 is 35.0 Å². The van der Waals surface area contributed by atoms with Gasteiger partial charge in [0, 0.05) is 41.0 Å². The maximum absolute atomic E-state index is 13.0. The summed E-state index contributed by atoms with van der Waals surface area (Å²) in [5.41, 5.74) is 10.5. The van der Waals surface area contributed by atoms with E-state index in [0.717, 1.165) is 11.1 Å². The fourth-order valence-electron chi connectivity index (χ4n) is 4.38. The highest BCUT2D eigenvalue weighted by Gasteiger charge is 2.39. The number of nitrogen functional groups attached to an aromatic ring is 1. The van der Waals surface area contributed by atoms with Crippen molar-refractivity contribution in [2.24, 2.45) is 0 Å². The molecule has 0 aliphatic carbocycles. The summed E-state index contributed by atoms with van der Waals surface area (Å²) < 4.78 is 1.43. The molecule has 3 heterocycles. The van der Waals surface area contributed by atoms with Crippen LogP contribution in [0.4, 0.5) is 11.4 Å². The van der Waals surface area contributed by atoms with E-state index in [9.17, 15) is 19.2 Å². The summed E-state index contributed by atoms with van der Waals surface area (Å²) in [6.45, 7) is 2.00. The highest BCUT2D eigenvalue weighted by atomic mass is 16.2. The zero-order valence-electron chi connectivity index (χ0n) is 18.9. The molecule has 11 heteroatoms.